The van der Waals surface area contributed by atoms with Crippen molar-refractivity contribution < 1.29 is 13.9 Å². The van der Waals surface area contributed by atoms with Crippen molar-refractivity contribution in [2.45, 2.75) is 13.0 Å². The molecule has 0 bridgehead atoms. The van der Waals surface area contributed by atoms with E-state index in [-0.39, 0.29) is 5.82 Å². The first-order valence-electron chi connectivity index (χ1n) is 11.9. The van der Waals surface area contributed by atoms with Crippen molar-refractivity contribution in [2.24, 2.45) is 0 Å². The molecule has 0 atom stereocenters. The number of halogens is 1. The number of nitrogens with zero attached hydrogens (tertiary/aromatic N) is 3. The third kappa shape index (κ3) is 5.29. The molecule has 36 heavy (non-hydrogen) atoms. The number of aromatic nitrogens is 2. The summed E-state index contributed by atoms with van der Waals surface area (Å²) in [5.41, 5.74) is 6.11. The Morgan fingerprint density at radius 1 is 0.833 bits per heavy atom. The first kappa shape index (κ1) is 23.7. The van der Waals surface area contributed by atoms with Crippen molar-refractivity contribution in [3.8, 4) is 33.9 Å². The fourth-order valence-electron chi connectivity index (χ4n) is 4.39. The summed E-state index contributed by atoms with van der Waals surface area (Å²) in [6.07, 6.45) is 4.97. The van der Waals surface area contributed by atoms with Crippen LogP contribution < -0.4 is 9.47 Å². The number of hydrogen-bond donors (Lipinski definition) is 0. The molecule has 6 heteroatoms. The van der Waals surface area contributed by atoms with Crippen molar-refractivity contribution in [1.82, 2.24) is 14.9 Å². The van der Waals surface area contributed by atoms with E-state index in [0.717, 1.165) is 76.9 Å². The lowest BCUT2D eigenvalue weighted by Gasteiger charge is -2.26. The molecule has 0 saturated carbocycles. The zero-order valence-electron chi connectivity index (χ0n) is 20.4. The maximum atomic E-state index is 13.2. The number of rotatable bonds is 7. The Balaban J connectivity index is 1.44. The van der Waals surface area contributed by atoms with Crippen LogP contribution in [0.1, 0.15) is 17.8 Å². The Labute approximate surface area is 210 Å². The van der Waals surface area contributed by atoms with Crippen LogP contribution in [0.25, 0.3) is 28.0 Å². The topological polar surface area (TPSA) is 47.5 Å². The summed E-state index contributed by atoms with van der Waals surface area (Å²) in [5.74, 6) is 2.15. The molecule has 182 valence electrons. The molecule has 0 N–H and O–H groups in total. The molecular formula is C30H28FN3O2. The Bertz CT molecular complexity index is 1350. The zero-order valence-corrected chi connectivity index (χ0v) is 20.4. The van der Waals surface area contributed by atoms with Crippen LogP contribution in [-0.2, 0) is 6.54 Å². The Kier molecular flexibility index (Phi) is 7.05. The minimum absolute atomic E-state index is 0.206. The van der Waals surface area contributed by atoms with Gasteiger partial charge in [-0.05, 0) is 71.7 Å². The van der Waals surface area contributed by atoms with Crippen LogP contribution in [0.3, 0.4) is 0 Å². The SMILES string of the molecule is COc1ccc(-c2cnc(C3=CCN(Cc4ccc(F)cc4)CC3)nc2-c2ccc(OC)cc2)cc1. The Morgan fingerprint density at radius 3 is 2.06 bits per heavy atom. The second-order valence-electron chi connectivity index (χ2n) is 8.75. The predicted octanol–water partition coefficient (Wildman–Crippen LogP) is 6.26. The van der Waals surface area contributed by atoms with E-state index in [9.17, 15) is 4.39 Å². The lowest BCUT2D eigenvalue weighted by Crippen LogP contribution is -2.28. The van der Waals surface area contributed by atoms with Gasteiger partial charge in [-0.15, -0.1) is 0 Å². The maximum Gasteiger partial charge on any atom is 0.155 e. The highest BCUT2D eigenvalue weighted by molar-refractivity contribution is 5.81. The number of ether oxygens (including phenoxy) is 2. The number of hydrogen-bond acceptors (Lipinski definition) is 5. The van der Waals surface area contributed by atoms with Gasteiger partial charge in [0.2, 0.25) is 0 Å². The number of benzene rings is 3. The normalized spacial score (nSPS) is 13.8. The minimum atomic E-state index is -0.206. The summed E-state index contributed by atoms with van der Waals surface area (Å²) in [7, 11) is 3.32. The van der Waals surface area contributed by atoms with Crippen LogP contribution >= 0.6 is 0 Å². The summed E-state index contributed by atoms with van der Waals surface area (Å²) in [6.45, 7) is 2.48. The summed E-state index contributed by atoms with van der Waals surface area (Å²) >= 11 is 0. The molecule has 2 heterocycles. The maximum absolute atomic E-state index is 13.2. The largest absolute Gasteiger partial charge is 0.497 e. The van der Waals surface area contributed by atoms with Gasteiger partial charge in [-0.1, -0.05) is 30.3 Å². The summed E-state index contributed by atoms with van der Waals surface area (Å²) in [5, 5.41) is 0. The van der Waals surface area contributed by atoms with Gasteiger partial charge < -0.3 is 9.47 Å². The smallest absolute Gasteiger partial charge is 0.155 e. The highest BCUT2D eigenvalue weighted by atomic mass is 19.1. The van der Waals surface area contributed by atoms with E-state index in [4.69, 9.17) is 19.4 Å². The van der Waals surface area contributed by atoms with Crippen molar-refractivity contribution in [1.29, 1.82) is 0 Å². The van der Waals surface area contributed by atoms with Crippen LogP contribution in [0, 0.1) is 5.82 Å². The van der Waals surface area contributed by atoms with Gasteiger partial charge in [0.1, 0.15) is 17.3 Å². The Morgan fingerprint density at radius 2 is 1.47 bits per heavy atom. The monoisotopic (exact) mass is 481 g/mol. The van der Waals surface area contributed by atoms with Crippen LogP contribution in [0.2, 0.25) is 0 Å². The molecule has 0 fully saturated rings. The molecule has 0 unspecified atom stereocenters. The van der Waals surface area contributed by atoms with E-state index in [1.54, 1.807) is 14.2 Å². The summed E-state index contributed by atoms with van der Waals surface area (Å²) in [4.78, 5) is 12.2. The first-order chi connectivity index (χ1) is 17.6. The lowest BCUT2D eigenvalue weighted by molar-refractivity contribution is 0.293. The molecule has 1 aliphatic heterocycles. The molecule has 0 saturated heterocycles. The average molecular weight is 482 g/mol. The van der Waals surface area contributed by atoms with Gasteiger partial charge in [0.15, 0.2) is 5.82 Å². The highest BCUT2D eigenvalue weighted by Gasteiger charge is 2.18. The molecule has 5 nitrogen and oxygen atoms in total. The van der Waals surface area contributed by atoms with Crippen molar-refractivity contribution in [3.63, 3.8) is 0 Å². The van der Waals surface area contributed by atoms with Crippen LogP contribution in [0.15, 0.2) is 85.1 Å². The van der Waals surface area contributed by atoms with Gasteiger partial charge in [0.25, 0.3) is 0 Å². The number of methoxy groups -OCH3 is 2. The second-order valence-corrected chi connectivity index (χ2v) is 8.75. The summed E-state index contributed by atoms with van der Waals surface area (Å²) in [6, 6.07) is 22.6. The molecular weight excluding hydrogens is 453 g/mol. The molecule has 0 aliphatic carbocycles. The van der Waals surface area contributed by atoms with E-state index < -0.39 is 0 Å². The third-order valence-electron chi connectivity index (χ3n) is 6.45. The van der Waals surface area contributed by atoms with Gasteiger partial charge in [-0.2, -0.15) is 0 Å². The van der Waals surface area contributed by atoms with Crippen LogP contribution in [0.4, 0.5) is 4.39 Å². The first-order valence-corrected chi connectivity index (χ1v) is 11.9. The fourth-order valence-corrected chi connectivity index (χ4v) is 4.39. The van der Waals surface area contributed by atoms with E-state index >= 15 is 0 Å². The van der Waals surface area contributed by atoms with Crippen LogP contribution in [0.5, 0.6) is 11.5 Å². The van der Waals surface area contributed by atoms with Gasteiger partial charge in [0.05, 0.1) is 19.9 Å². The van der Waals surface area contributed by atoms with Gasteiger partial charge in [-0.3, -0.25) is 4.90 Å². The van der Waals surface area contributed by atoms with E-state index in [1.807, 2.05) is 66.9 Å². The van der Waals surface area contributed by atoms with Crippen LogP contribution in [-0.4, -0.2) is 42.2 Å². The summed E-state index contributed by atoms with van der Waals surface area (Å²) < 4.78 is 23.9. The minimum Gasteiger partial charge on any atom is -0.497 e. The van der Waals surface area contributed by atoms with E-state index in [2.05, 4.69) is 11.0 Å². The van der Waals surface area contributed by atoms with Crippen molar-refractivity contribution in [2.75, 3.05) is 27.3 Å². The molecule has 0 amide bonds. The van der Waals surface area contributed by atoms with Crippen molar-refractivity contribution >= 4 is 5.57 Å². The quantitative estimate of drug-likeness (QED) is 0.312. The second kappa shape index (κ2) is 10.7. The van der Waals surface area contributed by atoms with E-state index in [1.165, 1.54) is 12.1 Å². The molecule has 0 spiro atoms. The molecule has 1 aromatic heterocycles. The molecule has 5 rings (SSSR count). The predicted molar refractivity (Wildman–Crippen MR) is 140 cm³/mol. The molecule has 3 aromatic carbocycles. The van der Waals surface area contributed by atoms with Gasteiger partial charge in [0, 0.05) is 37.0 Å². The fraction of sp³-hybridized carbons (Fsp3) is 0.200. The zero-order chi connectivity index (χ0) is 24.9. The van der Waals surface area contributed by atoms with Gasteiger partial charge in [-0.25, -0.2) is 14.4 Å². The van der Waals surface area contributed by atoms with Gasteiger partial charge >= 0.3 is 0 Å². The third-order valence-corrected chi connectivity index (χ3v) is 6.45. The van der Waals surface area contributed by atoms with Crippen molar-refractivity contribution in [3.05, 3.63) is 102 Å². The molecule has 4 aromatic rings. The lowest BCUT2D eigenvalue weighted by atomic mass is 9.99. The highest BCUT2D eigenvalue weighted by Crippen LogP contribution is 2.33. The van der Waals surface area contributed by atoms with E-state index in [0.29, 0.717) is 0 Å². The Hall–Kier alpha value is -4.03. The standard InChI is InChI=1S/C30H28FN3O2/c1-35-26-11-5-22(6-12-26)28-19-32-30(33-29(28)23-7-13-27(36-2)14-8-23)24-15-17-34(18-16-24)20-21-3-9-25(31)10-4-21/h3-15,19H,16-18,20H2,1-2H3. The molecule has 0 radical (unpaired) electrons. The molecule has 1 aliphatic rings. The average Bonchev–Trinajstić information content (AvgIpc) is 2.94.